The number of benzene rings is 1. The van der Waals surface area contributed by atoms with Crippen molar-refractivity contribution in [1.82, 2.24) is 0 Å². The van der Waals surface area contributed by atoms with Crippen molar-refractivity contribution in [3.05, 3.63) is 35.9 Å². The summed E-state index contributed by atoms with van der Waals surface area (Å²) < 4.78 is -0.782. The maximum Gasteiger partial charge on any atom is 0.143 e. The molecule has 0 saturated heterocycles. The molecule has 0 amide bonds. The summed E-state index contributed by atoms with van der Waals surface area (Å²) in [7, 11) is 0. The van der Waals surface area contributed by atoms with Gasteiger partial charge in [0.05, 0.1) is 0 Å². The molecule has 1 fully saturated rings. The molecule has 64 valence electrons. The van der Waals surface area contributed by atoms with Crippen molar-refractivity contribution in [2.75, 3.05) is 0 Å². The Hall–Kier alpha value is 0.0900. The van der Waals surface area contributed by atoms with Crippen LogP contribution in [0.25, 0.3) is 0 Å². The fraction of sp³-hybridized carbons (Fsp3) is 0.333. The molecule has 0 unspecified atom stereocenters. The topological polar surface area (TPSA) is 0 Å². The molecule has 1 aromatic rings. The SMILES string of the molecule is ClC1(Cl)C[C@@]1(Cl)c1ccccc1. The van der Waals surface area contributed by atoms with Gasteiger partial charge in [0.15, 0.2) is 0 Å². The predicted octanol–water partition coefficient (Wildman–Crippen LogP) is 3.70. The molecular formula is C9H7Cl3. The van der Waals surface area contributed by atoms with Gasteiger partial charge in [0.2, 0.25) is 0 Å². The summed E-state index contributed by atoms with van der Waals surface area (Å²) in [6, 6.07) is 9.69. The third-order valence-corrected chi connectivity index (χ3v) is 3.93. The highest BCUT2D eigenvalue weighted by Gasteiger charge is 2.66. The normalized spacial score (nSPS) is 31.6. The van der Waals surface area contributed by atoms with Crippen molar-refractivity contribution in [1.29, 1.82) is 0 Å². The third-order valence-electron chi connectivity index (χ3n) is 2.15. The molecule has 0 aromatic heterocycles. The van der Waals surface area contributed by atoms with Crippen molar-refractivity contribution in [2.45, 2.75) is 15.6 Å². The van der Waals surface area contributed by atoms with Gasteiger partial charge >= 0.3 is 0 Å². The first kappa shape index (κ1) is 8.68. The fourth-order valence-corrected chi connectivity index (χ4v) is 2.36. The predicted molar refractivity (Wildman–Crippen MR) is 53.0 cm³/mol. The van der Waals surface area contributed by atoms with E-state index in [0.29, 0.717) is 6.42 Å². The van der Waals surface area contributed by atoms with Crippen LogP contribution in [0.3, 0.4) is 0 Å². The minimum Gasteiger partial charge on any atom is -0.111 e. The minimum atomic E-state index is -0.782. The highest BCUT2D eigenvalue weighted by atomic mass is 35.5. The summed E-state index contributed by atoms with van der Waals surface area (Å²) in [4.78, 5) is -0.558. The Morgan fingerprint density at radius 2 is 1.50 bits per heavy atom. The van der Waals surface area contributed by atoms with E-state index in [1.165, 1.54) is 0 Å². The molecule has 0 heterocycles. The number of halogens is 3. The van der Waals surface area contributed by atoms with E-state index in [9.17, 15) is 0 Å². The van der Waals surface area contributed by atoms with Crippen molar-refractivity contribution < 1.29 is 0 Å². The Morgan fingerprint density at radius 1 is 1.00 bits per heavy atom. The molecule has 0 N–H and O–H groups in total. The Kier molecular flexibility index (Phi) is 1.84. The number of rotatable bonds is 1. The van der Waals surface area contributed by atoms with Gasteiger partial charge in [-0.1, -0.05) is 53.5 Å². The van der Waals surface area contributed by atoms with Crippen molar-refractivity contribution in [2.24, 2.45) is 0 Å². The smallest absolute Gasteiger partial charge is 0.111 e. The van der Waals surface area contributed by atoms with Crippen LogP contribution in [0, 0.1) is 0 Å². The van der Waals surface area contributed by atoms with Crippen LogP contribution >= 0.6 is 34.8 Å². The molecule has 1 aliphatic rings. The molecule has 0 spiro atoms. The van der Waals surface area contributed by atoms with E-state index in [1.807, 2.05) is 30.3 Å². The lowest BCUT2D eigenvalue weighted by Crippen LogP contribution is -2.05. The van der Waals surface area contributed by atoms with Gasteiger partial charge in [0, 0.05) is 6.42 Å². The summed E-state index contributed by atoms with van der Waals surface area (Å²) in [5.41, 5.74) is 0.997. The second-order valence-corrected chi connectivity index (χ2v) is 5.18. The zero-order chi connectivity index (χ0) is 8.82. The lowest BCUT2D eigenvalue weighted by Gasteiger charge is -2.08. The van der Waals surface area contributed by atoms with Gasteiger partial charge in [-0.05, 0) is 5.56 Å². The summed E-state index contributed by atoms with van der Waals surface area (Å²) in [5, 5.41) is 0. The molecule has 0 radical (unpaired) electrons. The van der Waals surface area contributed by atoms with Gasteiger partial charge in [0.1, 0.15) is 9.21 Å². The van der Waals surface area contributed by atoms with Crippen LogP contribution in [-0.4, -0.2) is 4.33 Å². The standard InChI is InChI=1S/C9H7Cl3/c10-8(6-9(8,11)12)7-4-2-1-3-5-7/h1-5H,6H2/t8-/m1/s1. The first-order chi connectivity index (χ1) is 5.56. The van der Waals surface area contributed by atoms with Gasteiger partial charge in [-0.15, -0.1) is 11.6 Å². The molecule has 0 nitrogen and oxygen atoms in total. The lowest BCUT2D eigenvalue weighted by molar-refractivity contribution is 0.995. The van der Waals surface area contributed by atoms with Gasteiger partial charge in [0.25, 0.3) is 0 Å². The van der Waals surface area contributed by atoms with Crippen LogP contribution in [-0.2, 0) is 4.87 Å². The van der Waals surface area contributed by atoms with E-state index in [2.05, 4.69) is 0 Å². The maximum atomic E-state index is 6.20. The molecule has 1 saturated carbocycles. The lowest BCUT2D eigenvalue weighted by atomic mass is 10.1. The van der Waals surface area contributed by atoms with Crippen molar-refractivity contribution in [3.63, 3.8) is 0 Å². The molecule has 1 aromatic carbocycles. The quantitative estimate of drug-likeness (QED) is 0.635. The Bertz CT molecular complexity index is 294. The van der Waals surface area contributed by atoms with Crippen LogP contribution < -0.4 is 0 Å². The van der Waals surface area contributed by atoms with Gasteiger partial charge in [-0.2, -0.15) is 0 Å². The Balaban J connectivity index is 2.35. The van der Waals surface area contributed by atoms with E-state index in [0.717, 1.165) is 5.56 Å². The van der Waals surface area contributed by atoms with E-state index < -0.39 is 9.21 Å². The second kappa shape index (κ2) is 2.54. The zero-order valence-electron chi connectivity index (χ0n) is 6.23. The number of alkyl halides is 3. The van der Waals surface area contributed by atoms with Crippen LogP contribution in [0.15, 0.2) is 30.3 Å². The molecule has 1 atom stereocenters. The molecular weight excluding hydrogens is 214 g/mol. The van der Waals surface area contributed by atoms with Gasteiger partial charge in [-0.3, -0.25) is 0 Å². The summed E-state index contributed by atoms with van der Waals surface area (Å²) in [6.07, 6.45) is 0.620. The average Bonchev–Trinajstić information content (AvgIpc) is 2.55. The molecule has 0 bridgehead atoms. The average molecular weight is 222 g/mol. The first-order valence-corrected chi connectivity index (χ1v) is 4.82. The molecule has 1 aliphatic carbocycles. The van der Waals surface area contributed by atoms with Crippen LogP contribution in [0.4, 0.5) is 0 Å². The second-order valence-electron chi connectivity index (χ2n) is 3.05. The van der Waals surface area contributed by atoms with E-state index in [4.69, 9.17) is 34.8 Å². The van der Waals surface area contributed by atoms with E-state index in [1.54, 1.807) is 0 Å². The number of hydrogen-bond donors (Lipinski definition) is 0. The Labute approximate surface area is 86.4 Å². The molecule has 2 rings (SSSR count). The van der Waals surface area contributed by atoms with Crippen LogP contribution in [0.2, 0.25) is 0 Å². The van der Waals surface area contributed by atoms with E-state index in [-0.39, 0.29) is 0 Å². The summed E-state index contributed by atoms with van der Waals surface area (Å²) in [6.45, 7) is 0. The monoisotopic (exact) mass is 220 g/mol. The van der Waals surface area contributed by atoms with Gasteiger partial charge < -0.3 is 0 Å². The highest BCUT2D eigenvalue weighted by Crippen LogP contribution is 2.67. The largest absolute Gasteiger partial charge is 0.143 e. The zero-order valence-corrected chi connectivity index (χ0v) is 8.50. The summed E-state index contributed by atoms with van der Waals surface area (Å²) >= 11 is 18.0. The van der Waals surface area contributed by atoms with Gasteiger partial charge in [-0.25, -0.2) is 0 Å². The maximum absolute atomic E-state index is 6.20. The Morgan fingerprint density at radius 3 is 1.92 bits per heavy atom. The van der Waals surface area contributed by atoms with Crippen LogP contribution in [0.1, 0.15) is 12.0 Å². The van der Waals surface area contributed by atoms with E-state index >= 15 is 0 Å². The van der Waals surface area contributed by atoms with Crippen molar-refractivity contribution >= 4 is 34.8 Å². The molecule has 0 aliphatic heterocycles. The summed E-state index contributed by atoms with van der Waals surface area (Å²) in [5.74, 6) is 0. The molecule has 12 heavy (non-hydrogen) atoms. The fourth-order valence-electron chi connectivity index (χ4n) is 1.28. The van der Waals surface area contributed by atoms with Crippen molar-refractivity contribution in [3.8, 4) is 0 Å². The number of hydrogen-bond acceptors (Lipinski definition) is 0. The molecule has 3 heteroatoms. The third kappa shape index (κ3) is 1.14. The highest BCUT2D eigenvalue weighted by molar-refractivity contribution is 6.57. The first-order valence-electron chi connectivity index (χ1n) is 3.68. The van der Waals surface area contributed by atoms with Crippen LogP contribution in [0.5, 0.6) is 0 Å². The minimum absolute atomic E-state index is 0.558.